The molecule has 2 fully saturated rings. The van der Waals surface area contributed by atoms with Gasteiger partial charge >= 0.3 is 0 Å². The van der Waals surface area contributed by atoms with Crippen molar-refractivity contribution < 1.29 is 9.47 Å². The number of rotatable bonds is 5. The third-order valence-corrected chi connectivity index (χ3v) is 5.38. The second-order valence-electron chi connectivity index (χ2n) is 6.86. The topological polar surface area (TPSA) is 33.7 Å². The Balaban J connectivity index is 2.04. The molecule has 0 amide bonds. The number of nitrogens with one attached hydrogen (secondary N) is 1. The van der Waals surface area contributed by atoms with Gasteiger partial charge in [-0.2, -0.15) is 0 Å². The Morgan fingerprint density at radius 3 is 2.13 bits per heavy atom. The van der Waals surface area contributed by atoms with E-state index in [1.165, 1.54) is 36.8 Å². The lowest BCUT2D eigenvalue weighted by Gasteiger charge is -2.39. The molecule has 4 heteroatoms. The fraction of sp³-hybridized carbons (Fsp3) is 0.684. The van der Waals surface area contributed by atoms with Crippen LogP contribution in [0.15, 0.2) is 12.1 Å². The highest BCUT2D eigenvalue weighted by Gasteiger charge is 2.35. The Bertz CT molecular complexity index is 495. The molecule has 2 aliphatic rings. The largest absolute Gasteiger partial charge is 0.496 e. The fourth-order valence-electron chi connectivity index (χ4n) is 4.31. The zero-order valence-electron chi connectivity index (χ0n) is 14.7. The number of hydrogen-bond donors (Lipinski definition) is 1. The van der Waals surface area contributed by atoms with Gasteiger partial charge in [-0.05, 0) is 43.4 Å². The van der Waals surface area contributed by atoms with Crippen LogP contribution in [-0.2, 0) is 0 Å². The van der Waals surface area contributed by atoms with Crippen molar-refractivity contribution in [3.8, 4) is 11.5 Å². The molecule has 1 aromatic rings. The minimum atomic E-state index is 0.408. The maximum absolute atomic E-state index is 5.78. The van der Waals surface area contributed by atoms with Gasteiger partial charge in [0.1, 0.15) is 11.5 Å². The Morgan fingerprint density at radius 1 is 1.04 bits per heavy atom. The van der Waals surface area contributed by atoms with E-state index >= 15 is 0 Å². The van der Waals surface area contributed by atoms with E-state index in [1.54, 1.807) is 14.2 Å². The van der Waals surface area contributed by atoms with E-state index in [9.17, 15) is 0 Å². The van der Waals surface area contributed by atoms with Crippen molar-refractivity contribution in [1.82, 2.24) is 10.2 Å². The molecule has 128 valence electrons. The maximum atomic E-state index is 5.78. The lowest BCUT2D eigenvalue weighted by Crippen LogP contribution is -2.46. The van der Waals surface area contributed by atoms with E-state index in [2.05, 4.69) is 29.3 Å². The fourth-order valence-corrected chi connectivity index (χ4v) is 4.31. The first-order valence-electron chi connectivity index (χ1n) is 8.92. The van der Waals surface area contributed by atoms with Gasteiger partial charge in [-0.3, -0.25) is 4.90 Å². The predicted octanol–water partition coefficient (Wildman–Crippen LogP) is 3.15. The third-order valence-electron chi connectivity index (χ3n) is 5.38. The summed E-state index contributed by atoms with van der Waals surface area (Å²) in [6.45, 7) is 6.44. The molecule has 0 aromatic heterocycles. The van der Waals surface area contributed by atoms with Crippen molar-refractivity contribution in [3.63, 3.8) is 0 Å². The molecule has 0 bridgehead atoms. The van der Waals surface area contributed by atoms with E-state index in [0.29, 0.717) is 12.0 Å². The van der Waals surface area contributed by atoms with Gasteiger partial charge in [0.15, 0.2) is 0 Å². The summed E-state index contributed by atoms with van der Waals surface area (Å²) in [5, 5.41) is 3.47. The molecule has 1 N–H and O–H groups in total. The van der Waals surface area contributed by atoms with E-state index in [0.717, 1.165) is 37.7 Å². The summed E-state index contributed by atoms with van der Waals surface area (Å²) < 4.78 is 11.6. The van der Waals surface area contributed by atoms with Crippen LogP contribution >= 0.6 is 0 Å². The van der Waals surface area contributed by atoms with Crippen molar-refractivity contribution in [3.05, 3.63) is 23.3 Å². The standard InChI is InChI=1S/C19H30N2O2/c1-14-12-16(22-2)18(17(13-14)23-3)19(15-6-4-5-7-15)21-10-8-20-9-11-21/h12-13,15,19-20H,4-11H2,1-3H3/t19-/m1/s1. The zero-order chi connectivity index (χ0) is 16.2. The number of piperazine rings is 1. The lowest BCUT2D eigenvalue weighted by molar-refractivity contribution is 0.120. The number of aryl methyl sites for hydroxylation is 1. The Morgan fingerprint density at radius 2 is 1.61 bits per heavy atom. The molecule has 1 aliphatic carbocycles. The number of benzene rings is 1. The average molecular weight is 318 g/mol. The van der Waals surface area contributed by atoms with Gasteiger partial charge < -0.3 is 14.8 Å². The highest BCUT2D eigenvalue weighted by molar-refractivity contribution is 5.50. The van der Waals surface area contributed by atoms with Crippen LogP contribution < -0.4 is 14.8 Å². The van der Waals surface area contributed by atoms with Gasteiger partial charge in [-0.1, -0.05) is 12.8 Å². The van der Waals surface area contributed by atoms with Gasteiger partial charge in [0.25, 0.3) is 0 Å². The summed E-state index contributed by atoms with van der Waals surface area (Å²) in [5.74, 6) is 2.67. The number of ether oxygens (including phenoxy) is 2. The molecule has 4 nitrogen and oxygen atoms in total. The Hall–Kier alpha value is -1.26. The molecule has 23 heavy (non-hydrogen) atoms. The minimum Gasteiger partial charge on any atom is -0.496 e. The third kappa shape index (κ3) is 3.48. The van der Waals surface area contributed by atoms with Crippen LogP contribution in [0.25, 0.3) is 0 Å². The molecule has 1 aliphatic heterocycles. The summed E-state index contributed by atoms with van der Waals surface area (Å²) in [7, 11) is 3.56. The summed E-state index contributed by atoms with van der Waals surface area (Å²) >= 11 is 0. The summed E-state index contributed by atoms with van der Waals surface area (Å²) in [6, 6.07) is 4.72. The monoisotopic (exact) mass is 318 g/mol. The van der Waals surface area contributed by atoms with Crippen LogP contribution in [-0.4, -0.2) is 45.3 Å². The SMILES string of the molecule is COc1cc(C)cc(OC)c1[C@@H](C1CCCC1)N1CCNCC1. The van der Waals surface area contributed by atoms with Gasteiger partial charge in [-0.25, -0.2) is 0 Å². The van der Waals surface area contributed by atoms with E-state index < -0.39 is 0 Å². The molecule has 1 saturated heterocycles. The maximum Gasteiger partial charge on any atom is 0.127 e. The van der Waals surface area contributed by atoms with Gasteiger partial charge in [0.05, 0.1) is 19.8 Å². The summed E-state index contributed by atoms with van der Waals surface area (Å²) in [5.41, 5.74) is 2.45. The minimum absolute atomic E-state index is 0.408. The van der Waals surface area contributed by atoms with Crippen LogP contribution in [0.2, 0.25) is 0 Å². The number of nitrogens with zero attached hydrogens (tertiary/aromatic N) is 1. The molecular formula is C19H30N2O2. The normalized spacial score (nSPS) is 21.3. The lowest BCUT2D eigenvalue weighted by atomic mass is 9.88. The summed E-state index contributed by atoms with van der Waals surface area (Å²) in [4.78, 5) is 2.64. The van der Waals surface area contributed by atoms with Crippen LogP contribution in [0.5, 0.6) is 11.5 Å². The Kier molecular flexibility index (Phi) is 5.44. The van der Waals surface area contributed by atoms with Crippen molar-refractivity contribution in [2.24, 2.45) is 5.92 Å². The first-order valence-corrected chi connectivity index (χ1v) is 8.92. The molecule has 0 unspecified atom stereocenters. The van der Waals surface area contributed by atoms with E-state index in [1.807, 2.05) is 0 Å². The van der Waals surface area contributed by atoms with Gasteiger partial charge in [-0.15, -0.1) is 0 Å². The molecule has 1 heterocycles. The number of hydrogen-bond acceptors (Lipinski definition) is 4. The van der Waals surface area contributed by atoms with Crippen molar-refractivity contribution in [2.75, 3.05) is 40.4 Å². The van der Waals surface area contributed by atoms with Crippen LogP contribution in [0.1, 0.15) is 42.9 Å². The second kappa shape index (κ2) is 7.54. The molecule has 1 aromatic carbocycles. The van der Waals surface area contributed by atoms with Crippen molar-refractivity contribution >= 4 is 0 Å². The average Bonchev–Trinajstić information content (AvgIpc) is 3.11. The quantitative estimate of drug-likeness (QED) is 0.904. The van der Waals surface area contributed by atoms with Crippen molar-refractivity contribution in [2.45, 2.75) is 38.6 Å². The predicted molar refractivity (Wildman–Crippen MR) is 93.4 cm³/mol. The Labute approximate surface area is 140 Å². The smallest absolute Gasteiger partial charge is 0.127 e. The van der Waals surface area contributed by atoms with E-state index in [-0.39, 0.29) is 0 Å². The molecule has 3 rings (SSSR count). The van der Waals surface area contributed by atoms with Gasteiger partial charge in [0.2, 0.25) is 0 Å². The molecule has 0 radical (unpaired) electrons. The molecule has 1 saturated carbocycles. The highest BCUT2D eigenvalue weighted by Crippen LogP contribution is 2.46. The van der Waals surface area contributed by atoms with Gasteiger partial charge in [0, 0.05) is 32.2 Å². The first-order chi connectivity index (χ1) is 11.2. The number of methoxy groups -OCH3 is 2. The summed E-state index contributed by atoms with van der Waals surface area (Å²) in [6.07, 6.45) is 5.33. The highest BCUT2D eigenvalue weighted by atomic mass is 16.5. The second-order valence-corrected chi connectivity index (χ2v) is 6.86. The first kappa shape index (κ1) is 16.6. The van der Waals surface area contributed by atoms with Crippen molar-refractivity contribution in [1.29, 1.82) is 0 Å². The van der Waals surface area contributed by atoms with Crippen LogP contribution in [0, 0.1) is 12.8 Å². The molecular weight excluding hydrogens is 288 g/mol. The van der Waals surface area contributed by atoms with Crippen LogP contribution in [0.4, 0.5) is 0 Å². The van der Waals surface area contributed by atoms with Crippen LogP contribution in [0.3, 0.4) is 0 Å². The van der Waals surface area contributed by atoms with E-state index in [4.69, 9.17) is 9.47 Å². The molecule has 1 atom stereocenters. The zero-order valence-corrected chi connectivity index (χ0v) is 14.7. The molecule has 0 spiro atoms.